The van der Waals surface area contributed by atoms with Gasteiger partial charge in [-0.1, -0.05) is 0 Å². The first-order valence-electron chi connectivity index (χ1n) is 5.80. The first-order valence-corrected chi connectivity index (χ1v) is 5.80. The molecule has 1 aromatic carbocycles. The molecule has 1 N–H and O–H groups in total. The van der Waals surface area contributed by atoms with Gasteiger partial charge in [0.15, 0.2) is 0 Å². The van der Waals surface area contributed by atoms with Crippen molar-refractivity contribution in [2.24, 2.45) is 7.05 Å². The smallest absolute Gasteiger partial charge is 0.218 e. The van der Waals surface area contributed by atoms with Crippen LogP contribution < -0.4 is 10.1 Å². The predicted molar refractivity (Wildman–Crippen MR) is 72.6 cm³/mol. The molecular formula is C13H13N5O. The summed E-state index contributed by atoms with van der Waals surface area (Å²) in [7, 11) is 3.55. The first-order chi connectivity index (χ1) is 9.26. The van der Waals surface area contributed by atoms with Gasteiger partial charge >= 0.3 is 0 Å². The molecule has 0 unspecified atom stereocenters. The van der Waals surface area contributed by atoms with Crippen LogP contribution in [0, 0.1) is 0 Å². The van der Waals surface area contributed by atoms with E-state index in [2.05, 4.69) is 20.3 Å². The lowest BCUT2D eigenvalue weighted by atomic mass is 10.2. The third-order valence-corrected chi connectivity index (χ3v) is 2.85. The summed E-state index contributed by atoms with van der Waals surface area (Å²) in [6.45, 7) is 0. The second kappa shape index (κ2) is 4.56. The average Bonchev–Trinajstić information content (AvgIpc) is 2.80. The Morgan fingerprint density at radius 3 is 2.89 bits per heavy atom. The Morgan fingerprint density at radius 2 is 2.05 bits per heavy atom. The van der Waals surface area contributed by atoms with Gasteiger partial charge in [0.2, 0.25) is 5.88 Å². The van der Waals surface area contributed by atoms with Gasteiger partial charge in [0.25, 0.3) is 0 Å². The summed E-state index contributed by atoms with van der Waals surface area (Å²) < 4.78 is 7.04. The van der Waals surface area contributed by atoms with Gasteiger partial charge in [-0.15, -0.1) is 0 Å². The van der Waals surface area contributed by atoms with Gasteiger partial charge in [0, 0.05) is 18.8 Å². The number of nitrogens with one attached hydrogen (secondary N) is 1. The van der Waals surface area contributed by atoms with Gasteiger partial charge in [-0.05, 0) is 18.2 Å². The second-order valence-corrected chi connectivity index (χ2v) is 4.13. The van der Waals surface area contributed by atoms with Crippen LogP contribution in [0.2, 0.25) is 0 Å². The van der Waals surface area contributed by atoms with E-state index in [0.717, 1.165) is 16.7 Å². The largest absolute Gasteiger partial charge is 0.481 e. The van der Waals surface area contributed by atoms with Crippen molar-refractivity contribution in [1.29, 1.82) is 0 Å². The van der Waals surface area contributed by atoms with Crippen LogP contribution >= 0.6 is 0 Å². The van der Waals surface area contributed by atoms with E-state index in [4.69, 9.17) is 4.74 Å². The highest BCUT2D eigenvalue weighted by Crippen LogP contribution is 2.21. The molecular weight excluding hydrogens is 242 g/mol. The number of fused-ring (bicyclic) bond motifs is 1. The first kappa shape index (κ1) is 11.5. The van der Waals surface area contributed by atoms with E-state index in [9.17, 15) is 0 Å². The van der Waals surface area contributed by atoms with Gasteiger partial charge in [-0.2, -0.15) is 0 Å². The van der Waals surface area contributed by atoms with Gasteiger partial charge in [0.05, 0.1) is 24.5 Å². The Labute approximate surface area is 110 Å². The van der Waals surface area contributed by atoms with Gasteiger partial charge < -0.3 is 14.6 Å². The molecule has 6 heteroatoms. The molecule has 0 spiro atoms. The molecule has 2 heterocycles. The maximum Gasteiger partial charge on any atom is 0.218 e. The number of hydrogen-bond acceptors (Lipinski definition) is 5. The molecule has 19 heavy (non-hydrogen) atoms. The highest BCUT2D eigenvalue weighted by molar-refractivity contribution is 5.80. The quantitative estimate of drug-likeness (QED) is 0.776. The minimum absolute atomic E-state index is 0.524. The molecule has 0 atom stereocenters. The Balaban J connectivity index is 1.91. The van der Waals surface area contributed by atoms with Gasteiger partial charge in [-0.3, -0.25) is 0 Å². The lowest BCUT2D eigenvalue weighted by Gasteiger charge is -2.06. The zero-order valence-corrected chi connectivity index (χ0v) is 10.7. The second-order valence-electron chi connectivity index (χ2n) is 4.13. The SMILES string of the molecule is COc1cc(Nc2ccc3c(c2)ncn3C)ncn1. The van der Waals surface area contributed by atoms with E-state index in [-0.39, 0.29) is 0 Å². The number of benzene rings is 1. The summed E-state index contributed by atoms with van der Waals surface area (Å²) in [4.78, 5) is 12.4. The average molecular weight is 255 g/mol. The zero-order valence-electron chi connectivity index (χ0n) is 10.7. The molecule has 0 aliphatic carbocycles. The van der Waals surface area contributed by atoms with Crippen molar-refractivity contribution in [3.63, 3.8) is 0 Å². The van der Waals surface area contributed by atoms with Crippen molar-refractivity contribution < 1.29 is 4.74 Å². The summed E-state index contributed by atoms with van der Waals surface area (Å²) in [5.74, 6) is 1.21. The molecule has 3 rings (SSSR count). The Bertz CT molecular complexity index is 722. The fourth-order valence-electron chi connectivity index (χ4n) is 1.88. The number of ether oxygens (including phenoxy) is 1. The molecule has 6 nitrogen and oxygen atoms in total. The van der Waals surface area contributed by atoms with E-state index in [1.165, 1.54) is 6.33 Å². The summed E-state index contributed by atoms with van der Waals surface area (Å²) in [6.07, 6.45) is 3.25. The molecule has 96 valence electrons. The van der Waals surface area contributed by atoms with Crippen LogP contribution in [0.4, 0.5) is 11.5 Å². The number of rotatable bonds is 3. The van der Waals surface area contributed by atoms with Crippen LogP contribution in [0.5, 0.6) is 5.88 Å². The van der Waals surface area contributed by atoms with Crippen LogP contribution in [-0.2, 0) is 7.05 Å². The third-order valence-electron chi connectivity index (χ3n) is 2.85. The standard InChI is InChI=1S/C13H13N5O/c1-18-8-16-10-5-9(3-4-11(10)18)17-12-6-13(19-2)15-7-14-12/h3-8H,1-2H3,(H,14,15,17). The van der Waals surface area contributed by atoms with Crippen molar-refractivity contribution in [3.05, 3.63) is 36.9 Å². The van der Waals surface area contributed by atoms with Crippen LogP contribution in [0.15, 0.2) is 36.9 Å². The maximum absolute atomic E-state index is 5.06. The topological polar surface area (TPSA) is 64.9 Å². The fraction of sp³-hybridized carbons (Fsp3) is 0.154. The van der Waals surface area contributed by atoms with E-state index in [1.807, 2.05) is 29.8 Å². The monoisotopic (exact) mass is 255 g/mol. The number of anilines is 2. The highest BCUT2D eigenvalue weighted by Gasteiger charge is 2.03. The number of nitrogens with zero attached hydrogens (tertiary/aromatic N) is 4. The molecule has 0 aliphatic rings. The molecule has 2 aromatic heterocycles. The number of aryl methyl sites for hydroxylation is 1. The predicted octanol–water partition coefficient (Wildman–Crippen LogP) is 2.12. The maximum atomic E-state index is 5.06. The van der Waals surface area contributed by atoms with Crippen molar-refractivity contribution in [2.45, 2.75) is 0 Å². The molecule has 0 fully saturated rings. The van der Waals surface area contributed by atoms with Crippen molar-refractivity contribution in [1.82, 2.24) is 19.5 Å². The normalized spacial score (nSPS) is 10.6. The lowest BCUT2D eigenvalue weighted by molar-refractivity contribution is 0.397. The minimum Gasteiger partial charge on any atom is -0.481 e. The zero-order chi connectivity index (χ0) is 13.2. The number of hydrogen-bond donors (Lipinski definition) is 1. The van der Waals surface area contributed by atoms with Crippen LogP contribution in [0.25, 0.3) is 11.0 Å². The van der Waals surface area contributed by atoms with Crippen LogP contribution in [0.1, 0.15) is 0 Å². The molecule has 0 saturated carbocycles. The molecule has 0 radical (unpaired) electrons. The van der Waals surface area contributed by atoms with Crippen LogP contribution in [-0.4, -0.2) is 26.6 Å². The molecule has 0 saturated heterocycles. The number of aromatic nitrogens is 4. The molecule has 0 aliphatic heterocycles. The Morgan fingerprint density at radius 1 is 1.16 bits per heavy atom. The van der Waals surface area contributed by atoms with Gasteiger partial charge in [-0.25, -0.2) is 15.0 Å². The highest BCUT2D eigenvalue weighted by atomic mass is 16.5. The number of methoxy groups -OCH3 is 1. The van der Waals surface area contributed by atoms with Crippen molar-refractivity contribution in [3.8, 4) is 5.88 Å². The third kappa shape index (κ3) is 2.20. The Kier molecular flexibility index (Phi) is 2.75. The van der Waals surface area contributed by atoms with E-state index >= 15 is 0 Å². The van der Waals surface area contributed by atoms with E-state index < -0.39 is 0 Å². The minimum atomic E-state index is 0.524. The van der Waals surface area contributed by atoms with Crippen molar-refractivity contribution >= 4 is 22.5 Å². The fourth-order valence-corrected chi connectivity index (χ4v) is 1.88. The van der Waals surface area contributed by atoms with E-state index in [0.29, 0.717) is 11.7 Å². The molecule has 3 aromatic rings. The van der Waals surface area contributed by atoms with E-state index in [1.54, 1.807) is 19.5 Å². The lowest BCUT2D eigenvalue weighted by Crippen LogP contribution is -1.96. The van der Waals surface area contributed by atoms with Crippen LogP contribution in [0.3, 0.4) is 0 Å². The van der Waals surface area contributed by atoms with Crippen molar-refractivity contribution in [2.75, 3.05) is 12.4 Å². The number of imidazole rings is 1. The summed E-state index contributed by atoms with van der Waals surface area (Å²) in [5, 5.41) is 3.20. The van der Waals surface area contributed by atoms with Gasteiger partial charge in [0.1, 0.15) is 12.1 Å². The molecule has 0 bridgehead atoms. The summed E-state index contributed by atoms with van der Waals surface area (Å²) >= 11 is 0. The summed E-state index contributed by atoms with van der Waals surface area (Å²) in [5.41, 5.74) is 2.95. The Hall–Kier alpha value is -2.63. The molecule has 0 amide bonds. The summed E-state index contributed by atoms with van der Waals surface area (Å²) in [6, 6.07) is 7.72.